The molecule has 0 aromatic rings. The maximum Gasteiger partial charge on any atom is 0.326 e. The van der Waals surface area contributed by atoms with Gasteiger partial charge in [-0.1, -0.05) is 13.8 Å². The summed E-state index contributed by atoms with van der Waals surface area (Å²) in [6, 6.07) is -4.18. The summed E-state index contributed by atoms with van der Waals surface area (Å²) in [4.78, 5) is 68.8. The number of carboxylic acids is 2. The van der Waals surface area contributed by atoms with Crippen molar-refractivity contribution in [3.8, 4) is 0 Å². The summed E-state index contributed by atoms with van der Waals surface area (Å²) in [7, 11) is 0. The van der Waals surface area contributed by atoms with Crippen LogP contribution in [0.5, 0.6) is 0 Å². The molecule has 13 nitrogen and oxygen atoms in total. The Morgan fingerprint density at radius 3 is 1.93 bits per heavy atom. The van der Waals surface area contributed by atoms with E-state index in [-0.39, 0.29) is 5.92 Å². The molecule has 13 heteroatoms. The molecule has 0 fully saturated rings. The summed E-state index contributed by atoms with van der Waals surface area (Å²) >= 11 is 0. The van der Waals surface area contributed by atoms with Crippen LogP contribution in [-0.2, 0) is 28.8 Å². The van der Waals surface area contributed by atoms with Crippen molar-refractivity contribution in [2.24, 2.45) is 17.4 Å². The van der Waals surface area contributed by atoms with Crippen LogP contribution in [0.25, 0.3) is 0 Å². The molecule has 4 amide bonds. The zero-order valence-electron chi connectivity index (χ0n) is 16.1. The van der Waals surface area contributed by atoms with Gasteiger partial charge in [0.2, 0.25) is 23.6 Å². The van der Waals surface area contributed by atoms with Crippen molar-refractivity contribution in [3.63, 3.8) is 0 Å². The molecule has 3 atom stereocenters. The van der Waals surface area contributed by atoms with Gasteiger partial charge in [-0.05, 0) is 12.3 Å². The number of rotatable bonds is 13. The van der Waals surface area contributed by atoms with Gasteiger partial charge in [0, 0.05) is 0 Å². The molecular weight excluding hydrogens is 390 g/mol. The SMILES string of the molecule is CC(C)CC(N)C(=O)NCC(=O)NC(CC(=O)O)C(=O)NC(CC(N)=O)C(=O)O. The molecule has 0 saturated carbocycles. The predicted octanol–water partition coefficient (Wildman–Crippen LogP) is -3.12. The molecule has 9 N–H and O–H groups in total. The minimum Gasteiger partial charge on any atom is -0.481 e. The topological polar surface area (TPSA) is 231 Å². The van der Waals surface area contributed by atoms with E-state index in [0.717, 1.165) is 0 Å². The number of carbonyl (C=O) groups excluding carboxylic acids is 4. The van der Waals surface area contributed by atoms with Gasteiger partial charge < -0.3 is 37.6 Å². The Bertz CT molecular complexity index is 651. The molecule has 3 unspecified atom stereocenters. The molecule has 0 heterocycles. The highest BCUT2D eigenvalue weighted by Gasteiger charge is 2.29. The minimum atomic E-state index is -1.69. The molecule has 0 aliphatic carbocycles. The first-order chi connectivity index (χ1) is 13.3. The molecule has 0 aromatic heterocycles. The number of hydrogen-bond donors (Lipinski definition) is 7. The second-order valence-corrected chi connectivity index (χ2v) is 6.74. The average molecular weight is 417 g/mol. The maximum atomic E-state index is 12.2. The third-order valence-electron chi connectivity index (χ3n) is 3.54. The number of aliphatic carboxylic acids is 2. The Balaban J connectivity index is 4.92. The summed E-state index contributed by atoms with van der Waals surface area (Å²) in [5.74, 6) is -6.50. The van der Waals surface area contributed by atoms with E-state index < -0.39 is 73.1 Å². The smallest absolute Gasteiger partial charge is 0.326 e. The van der Waals surface area contributed by atoms with Crippen molar-refractivity contribution in [1.29, 1.82) is 0 Å². The number of carbonyl (C=O) groups is 6. The van der Waals surface area contributed by atoms with Crippen LogP contribution < -0.4 is 27.4 Å². The largest absolute Gasteiger partial charge is 0.481 e. The van der Waals surface area contributed by atoms with Gasteiger partial charge in [-0.25, -0.2) is 4.79 Å². The van der Waals surface area contributed by atoms with Gasteiger partial charge in [0.05, 0.1) is 25.4 Å². The fourth-order valence-electron chi connectivity index (χ4n) is 2.22. The first-order valence-electron chi connectivity index (χ1n) is 8.69. The van der Waals surface area contributed by atoms with Crippen LogP contribution in [0.3, 0.4) is 0 Å². The quantitative estimate of drug-likeness (QED) is 0.160. The van der Waals surface area contributed by atoms with E-state index in [9.17, 15) is 28.8 Å². The third kappa shape index (κ3) is 11.3. The predicted molar refractivity (Wildman–Crippen MR) is 98.0 cm³/mol. The van der Waals surface area contributed by atoms with Crippen LogP contribution in [0, 0.1) is 5.92 Å². The fourth-order valence-corrected chi connectivity index (χ4v) is 2.22. The van der Waals surface area contributed by atoms with Crippen LogP contribution in [0.4, 0.5) is 0 Å². The number of carboxylic acid groups (broad SMARTS) is 2. The van der Waals surface area contributed by atoms with E-state index in [2.05, 4.69) is 10.6 Å². The molecular formula is C16H27N5O8. The van der Waals surface area contributed by atoms with Crippen molar-refractivity contribution < 1.29 is 39.0 Å². The van der Waals surface area contributed by atoms with E-state index in [0.29, 0.717) is 6.42 Å². The molecule has 0 saturated heterocycles. The molecule has 0 aromatic carbocycles. The van der Waals surface area contributed by atoms with Crippen LogP contribution in [-0.4, -0.2) is 70.5 Å². The first kappa shape index (κ1) is 25.8. The maximum absolute atomic E-state index is 12.2. The number of nitrogens with one attached hydrogen (secondary N) is 3. The number of nitrogens with two attached hydrogens (primary N) is 2. The van der Waals surface area contributed by atoms with E-state index in [1.165, 1.54) is 0 Å². The minimum absolute atomic E-state index is 0.149. The van der Waals surface area contributed by atoms with Gasteiger partial charge in [-0.2, -0.15) is 0 Å². The van der Waals surface area contributed by atoms with Gasteiger partial charge >= 0.3 is 11.9 Å². The van der Waals surface area contributed by atoms with Gasteiger partial charge in [-0.3, -0.25) is 24.0 Å². The lowest BCUT2D eigenvalue weighted by Gasteiger charge is -2.20. The van der Waals surface area contributed by atoms with Crippen molar-refractivity contribution >= 4 is 35.6 Å². The monoisotopic (exact) mass is 417 g/mol. The lowest BCUT2D eigenvalue weighted by Crippen LogP contribution is -2.54. The second-order valence-electron chi connectivity index (χ2n) is 6.74. The van der Waals surface area contributed by atoms with Gasteiger partial charge in [-0.15, -0.1) is 0 Å². The van der Waals surface area contributed by atoms with Crippen molar-refractivity contribution in [2.45, 2.75) is 51.2 Å². The highest BCUT2D eigenvalue weighted by atomic mass is 16.4. The van der Waals surface area contributed by atoms with Crippen LogP contribution in [0.15, 0.2) is 0 Å². The standard InChI is InChI=1S/C16H27N5O8/c1-7(2)3-8(17)14(26)19-6-12(23)20-9(5-13(24)25)15(27)21-10(16(28)29)4-11(18)22/h7-10H,3-6,17H2,1-2H3,(H2,18,22)(H,19,26)(H,20,23)(H,21,27)(H,24,25)(H,28,29). The lowest BCUT2D eigenvalue weighted by molar-refractivity contribution is -0.144. The normalized spacial score (nSPS) is 13.7. The Hall–Kier alpha value is -3.22. The Kier molecular flexibility index (Phi) is 10.9. The fraction of sp³-hybridized carbons (Fsp3) is 0.625. The van der Waals surface area contributed by atoms with E-state index in [1.54, 1.807) is 0 Å². The molecule has 164 valence electrons. The number of primary amides is 1. The van der Waals surface area contributed by atoms with Crippen LogP contribution >= 0.6 is 0 Å². The summed E-state index contributed by atoms with van der Waals surface area (Å²) in [5.41, 5.74) is 10.6. The van der Waals surface area contributed by atoms with Gasteiger partial charge in [0.15, 0.2) is 0 Å². The first-order valence-corrected chi connectivity index (χ1v) is 8.69. The molecule has 29 heavy (non-hydrogen) atoms. The molecule has 0 aliphatic rings. The second kappa shape index (κ2) is 12.3. The van der Waals surface area contributed by atoms with Crippen molar-refractivity contribution in [1.82, 2.24) is 16.0 Å². The highest BCUT2D eigenvalue weighted by Crippen LogP contribution is 2.02. The number of amides is 4. The lowest BCUT2D eigenvalue weighted by atomic mass is 10.0. The summed E-state index contributed by atoms with van der Waals surface area (Å²) in [6.07, 6.45) is -1.20. The molecule has 0 aliphatic heterocycles. The molecule has 0 spiro atoms. The third-order valence-corrected chi connectivity index (χ3v) is 3.54. The van der Waals surface area contributed by atoms with Gasteiger partial charge in [0.25, 0.3) is 0 Å². The zero-order valence-corrected chi connectivity index (χ0v) is 16.1. The summed E-state index contributed by atoms with van der Waals surface area (Å²) in [6.45, 7) is 3.15. The van der Waals surface area contributed by atoms with Crippen LogP contribution in [0.1, 0.15) is 33.1 Å². The summed E-state index contributed by atoms with van der Waals surface area (Å²) < 4.78 is 0. The highest BCUT2D eigenvalue weighted by molar-refractivity contribution is 5.95. The zero-order chi connectivity index (χ0) is 22.7. The Labute approximate surface area is 166 Å². The molecule has 0 bridgehead atoms. The van der Waals surface area contributed by atoms with Crippen LogP contribution in [0.2, 0.25) is 0 Å². The molecule has 0 radical (unpaired) electrons. The van der Waals surface area contributed by atoms with Gasteiger partial charge in [0.1, 0.15) is 12.1 Å². The van der Waals surface area contributed by atoms with Crippen molar-refractivity contribution in [2.75, 3.05) is 6.54 Å². The Morgan fingerprint density at radius 1 is 0.897 bits per heavy atom. The van der Waals surface area contributed by atoms with E-state index in [1.807, 2.05) is 19.2 Å². The van der Waals surface area contributed by atoms with E-state index in [4.69, 9.17) is 21.7 Å². The van der Waals surface area contributed by atoms with Crippen molar-refractivity contribution in [3.05, 3.63) is 0 Å². The average Bonchev–Trinajstić information content (AvgIpc) is 2.56. The molecule has 0 rings (SSSR count). The Morgan fingerprint density at radius 2 is 1.48 bits per heavy atom. The summed E-state index contributed by atoms with van der Waals surface area (Å²) in [5, 5.41) is 24.2. The number of hydrogen-bond acceptors (Lipinski definition) is 7. The van der Waals surface area contributed by atoms with E-state index >= 15 is 0 Å².